The highest BCUT2D eigenvalue weighted by atomic mass is 16.5. The molecule has 0 saturated carbocycles. The van der Waals surface area contributed by atoms with Crippen molar-refractivity contribution in [2.75, 3.05) is 14.2 Å². The molecule has 1 heterocycles. The molecule has 3 nitrogen and oxygen atoms in total. The van der Waals surface area contributed by atoms with Crippen LogP contribution in [-0.4, -0.2) is 19.2 Å². The molecular weight excluding hydrogens is 238 g/mol. The average Bonchev–Trinajstić information content (AvgIpc) is 2.46. The van der Waals surface area contributed by atoms with Gasteiger partial charge in [-0.3, -0.25) is 4.98 Å². The van der Waals surface area contributed by atoms with Crippen molar-refractivity contribution in [1.82, 2.24) is 4.98 Å². The van der Waals surface area contributed by atoms with Crippen LogP contribution < -0.4 is 9.47 Å². The maximum Gasteiger partial charge on any atom is 0.130 e. The molecule has 0 radical (unpaired) electrons. The van der Waals surface area contributed by atoms with Crippen LogP contribution in [-0.2, 0) is 0 Å². The van der Waals surface area contributed by atoms with Crippen molar-refractivity contribution in [3.05, 3.63) is 42.2 Å². The van der Waals surface area contributed by atoms with Crippen molar-refractivity contribution in [1.29, 1.82) is 0 Å². The molecule has 1 aromatic heterocycles. The fraction of sp³-hybridized carbons (Fsp3) is 0.312. The van der Waals surface area contributed by atoms with Gasteiger partial charge in [-0.1, -0.05) is 19.9 Å². The van der Waals surface area contributed by atoms with Crippen molar-refractivity contribution in [2.24, 2.45) is 0 Å². The predicted molar refractivity (Wildman–Crippen MR) is 76.9 cm³/mol. The quantitative estimate of drug-likeness (QED) is 0.832. The normalized spacial score (nSPS) is 10.6. The molecule has 0 saturated heterocycles. The Kier molecular flexibility index (Phi) is 4.05. The molecule has 0 unspecified atom stereocenters. The number of aromatic nitrogens is 1. The molecule has 0 aliphatic rings. The Morgan fingerprint density at radius 1 is 1.05 bits per heavy atom. The minimum Gasteiger partial charge on any atom is -0.496 e. The third-order valence-corrected chi connectivity index (χ3v) is 3.15. The molecule has 100 valence electrons. The van der Waals surface area contributed by atoms with E-state index in [0.717, 1.165) is 22.6 Å². The smallest absolute Gasteiger partial charge is 0.130 e. The lowest BCUT2D eigenvalue weighted by Gasteiger charge is -2.17. The second kappa shape index (κ2) is 5.74. The Hall–Kier alpha value is -2.03. The van der Waals surface area contributed by atoms with Gasteiger partial charge in [-0.15, -0.1) is 0 Å². The highest BCUT2D eigenvalue weighted by Gasteiger charge is 2.14. The van der Waals surface area contributed by atoms with Gasteiger partial charge in [0.15, 0.2) is 0 Å². The Labute approximate surface area is 114 Å². The molecule has 19 heavy (non-hydrogen) atoms. The Morgan fingerprint density at radius 2 is 1.79 bits per heavy atom. The number of pyridine rings is 1. The summed E-state index contributed by atoms with van der Waals surface area (Å²) in [6.07, 6.45) is 3.61. The van der Waals surface area contributed by atoms with Gasteiger partial charge in [0.2, 0.25) is 0 Å². The van der Waals surface area contributed by atoms with E-state index in [4.69, 9.17) is 9.47 Å². The Bertz CT molecular complexity index is 550. The first-order valence-electron chi connectivity index (χ1n) is 6.33. The average molecular weight is 257 g/mol. The zero-order chi connectivity index (χ0) is 13.8. The van der Waals surface area contributed by atoms with E-state index >= 15 is 0 Å². The van der Waals surface area contributed by atoms with Crippen LogP contribution in [0.3, 0.4) is 0 Å². The topological polar surface area (TPSA) is 31.4 Å². The molecule has 0 atom stereocenters. The van der Waals surface area contributed by atoms with Crippen molar-refractivity contribution >= 4 is 0 Å². The van der Waals surface area contributed by atoms with Gasteiger partial charge in [-0.2, -0.15) is 0 Å². The monoisotopic (exact) mass is 257 g/mol. The van der Waals surface area contributed by atoms with Gasteiger partial charge in [0.05, 0.1) is 14.2 Å². The number of benzene rings is 1. The number of hydrogen-bond donors (Lipinski definition) is 0. The molecule has 2 rings (SSSR count). The van der Waals surface area contributed by atoms with Crippen molar-refractivity contribution in [2.45, 2.75) is 19.8 Å². The van der Waals surface area contributed by atoms with E-state index in [9.17, 15) is 0 Å². The standard InChI is InChI=1S/C16H19NO2/c1-11(2)13-8-14(12-6-5-7-17-10-12)16(19-4)9-15(13)18-3/h5-11H,1-4H3. The number of rotatable bonds is 4. The highest BCUT2D eigenvalue weighted by molar-refractivity contribution is 5.72. The maximum absolute atomic E-state index is 5.47. The third kappa shape index (κ3) is 2.70. The minimum atomic E-state index is 0.385. The maximum atomic E-state index is 5.47. The van der Waals surface area contributed by atoms with Gasteiger partial charge >= 0.3 is 0 Å². The molecule has 0 bridgehead atoms. The van der Waals surface area contributed by atoms with E-state index < -0.39 is 0 Å². The van der Waals surface area contributed by atoms with E-state index in [2.05, 4.69) is 24.9 Å². The first-order chi connectivity index (χ1) is 9.17. The van der Waals surface area contributed by atoms with Crippen molar-refractivity contribution in [3.63, 3.8) is 0 Å². The largest absolute Gasteiger partial charge is 0.496 e. The van der Waals surface area contributed by atoms with Gasteiger partial charge < -0.3 is 9.47 Å². The van der Waals surface area contributed by atoms with E-state index in [1.165, 1.54) is 5.56 Å². The molecular formula is C16H19NO2. The van der Waals surface area contributed by atoms with E-state index in [-0.39, 0.29) is 0 Å². The van der Waals surface area contributed by atoms with Crippen LogP contribution in [0, 0.1) is 0 Å². The molecule has 0 aliphatic carbocycles. The molecule has 0 amide bonds. The van der Waals surface area contributed by atoms with Crippen LogP contribution in [0.5, 0.6) is 11.5 Å². The Morgan fingerprint density at radius 3 is 2.32 bits per heavy atom. The van der Waals surface area contributed by atoms with Crippen LogP contribution in [0.4, 0.5) is 0 Å². The summed E-state index contributed by atoms with van der Waals surface area (Å²) in [6.45, 7) is 4.30. The van der Waals surface area contributed by atoms with Gasteiger partial charge in [0.1, 0.15) is 11.5 Å². The molecule has 0 fully saturated rings. The van der Waals surface area contributed by atoms with E-state index in [0.29, 0.717) is 5.92 Å². The molecule has 0 spiro atoms. The summed E-state index contributed by atoms with van der Waals surface area (Å²) in [5.74, 6) is 2.05. The number of ether oxygens (including phenoxy) is 2. The van der Waals surface area contributed by atoms with Crippen LogP contribution in [0.1, 0.15) is 25.3 Å². The van der Waals surface area contributed by atoms with E-state index in [1.807, 2.05) is 24.4 Å². The number of hydrogen-bond acceptors (Lipinski definition) is 3. The molecule has 0 aliphatic heterocycles. The van der Waals surface area contributed by atoms with E-state index in [1.54, 1.807) is 20.4 Å². The van der Waals surface area contributed by atoms with Crippen LogP contribution in [0.2, 0.25) is 0 Å². The lowest BCUT2D eigenvalue weighted by Crippen LogP contribution is -1.98. The molecule has 0 N–H and O–H groups in total. The molecule has 3 heteroatoms. The summed E-state index contributed by atoms with van der Waals surface area (Å²) in [4.78, 5) is 4.17. The SMILES string of the molecule is COc1cc(OC)c(C(C)C)cc1-c1cccnc1. The van der Waals surface area contributed by atoms with Crippen LogP contribution in [0.15, 0.2) is 36.7 Å². The lowest BCUT2D eigenvalue weighted by atomic mass is 9.96. The number of methoxy groups -OCH3 is 2. The van der Waals surface area contributed by atoms with Crippen LogP contribution in [0.25, 0.3) is 11.1 Å². The van der Waals surface area contributed by atoms with Crippen molar-refractivity contribution < 1.29 is 9.47 Å². The first-order valence-corrected chi connectivity index (χ1v) is 6.33. The summed E-state index contributed by atoms with van der Waals surface area (Å²) in [7, 11) is 3.36. The zero-order valence-electron chi connectivity index (χ0n) is 11.8. The molecule has 1 aromatic carbocycles. The third-order valence-electron chi connectivity index (χ3n) is 3.15. The van der Waals surface area contributed by atoms with Crippen LogP contribution >= 0.6 is 0 Å². The number of nitrogens with zero attached hydrogens (tertiary/aromatic N) is 1. The van der Waals surface area contributed by atoms with Gasteiger partial charge in [-0.25, -0.2) is 0 Å². The lowest BCUT2D eigenvalue weighted by molar-refractivity contribution is 0.390. The Balaban J connectivity index is 2.63. The zero-order valence-corrected chi connectivity index (χ0v) is 11.8. The summed E-state index contributed by atoms with van der Waals surface area (Å²) < 4.78 is 10.9. The summed E-state index contributed by atoms with van der Waals surface area (Å²) >= 11 is 0. The predicted octanol–water partition coefficient (Wildman–Crippen LogP) is 3.89. The van der Waals surface area contributed by atoms with Gasteiger partial charge in [0, 0.05) is 29.6 Å². The first kappa shape index (κ1) is 13.4. The second-order valence-corrected chi connectivity index (χ2v) is 4.69. The minimum absolute atomic E-state index is 0.385. The summed E-state index contributed by atoms with van der Waals surface area (Å²) in [5.41, 5.74) is 3.26. The highest BCUT2D eigenvalue weighted by Crippen LogP contribution is 2.38. The van der Waals surface area contributed by atoms with Gasteiger partial charge in [-0.05, 0) is 23.6 Å². The summed E-state index contributed by atoms with van der Waals surface area (Å²) in [6, 6.07) is 8.02. The second-order valence-electron chi connectivity index (χ2n) is 4.69. The fourth-order valence-electron chi connectivity index (χ4n) is 2.12. The van der Waals surface area contributed by atoms with Gasteiger partial charge in [0.25, 0.3) is 0 Å². The molecule has 2 aromatic rings. The fourth-order valence-corrected chi connectivity index (χ4v) is 2.12. The summed E-state index contributed by atoms with van der Waals surface area (Å²) in [5, 5.41) is 0. The van der Waals surface area contributed by atoms with Crippen molar-refractivity contribution in [3.8, 4) is 22.6 Å².